The van der Waals surface area contributed by atoms with Crippen LogP contribution in [0.15, 0.2) is 24.5 Å². The summed E-state index contributed by atoms with van der Waals surface area (Å²) in [6, 6.07) is 3.27. The Hall–Kier alpha value is -2.11. The molecule has 1 atom stereocenters. The van der Waals surface area contributed by atoms with Gasteiger partial charge in [-0.15, -0.1) is 0 Å². The second-order valence-corrected chi connectivity index (χ2v) is 3.73. The molecule has 6 nitrogen and oxygen atoms in total. The Morgan fingerprint density at radius 3 is 3.12 bits per heavy atom. The number of nitrogens with zero attached hydrogens (tertiary/aromatic N) is 2. The van der Waals surface area contributed by atoms with Crippen LogP contribution in [0.3, 0.4) is 0 Å². The predicted molar refractivity (Wildman–Crippen MR) is 57.4 cm³/mol. The lowest BCUT2D eigenvalue weighted by Crippen LogP contribution is -2.23. The molecule has 0 aromatic carbocycles. The smallest absolute Gasteiger partial charge is 0.410 e. The van der Waals surface area contributed by atoms with Crippen molar-refractivity contribution in [2.24, 2.45) is 0 Å². The predicted octanol–water partition coefficient (Wildman–Crippen LogP) is 0.689. The quantitative estimate of drug-likeness (QED) is 0.722. The third-order valence-corrected chi connectivity index (χ3v) is 2.35. The van der Waals surface area contributed by atoms with E-state index in [-0.39, 0.29) is 6.61 Å². The van der Waals surface area contributed by atoms with E-state index in [1.165, 1.54) is 11.1 Å². The van der Waals surface area contributed by atoms with Crippen LogP contribution < -0.4 is 0 Å². The van der Waals surface area contributed by atoms with E-state index in [9.17, 15) is 9.59 Å². The highest BCUT2D eigenvalue weighted by molar-refractivity contribution is 5.88. The van der Waals surface area contributed by atoms with Gasteiger partial charge in [0.2, 0.25) is 0 Å². The molecule has 1 aliphatic heterocycles. The van der Waals surface area contributed by atoms with Crippen molar-refractivity contribution in [1.29, 1.82) is 0 Å². The molecule has 1 aromatic rings. The van der Waals surface area contributed by atoms with Crippen molar-refractivity contribution in [3.8, 4) is 0 Å². The lowest BCUT2D eigenvalue weighted by Gasteiger charge is -2.08. The minimum absolute atomic E-state index is 0.0593. The normalized spacial score (nSPS) is 19.0. The molecule has 0 saturated carbocycles. The van der Waals surface area contributed by atoms with Crippen molar-refractivity contribution in [3.05, 3.63) is 30.1 Å². The molecule has 17 heavy (non-hydrogen) atoms. The Morgan fingerprint density at radius 2 is 2.53 bits per heavy atom. The summed E-state index contributed by atoms with van der Waals surface area (Å²) in [6.07, 6.45) is 2.21. The first-order chi connectivity index (χ1) is 8.16. The van der Waals surface area contributed by atoms with Gasteiger partial charge in [0, 0.05) is 19.4 Å². The van der Waals surface area contributed by atoms with Crippen LogP contribution in [-0.2, 0) is 9.47 Å². The summed E-state index contributed by atoms with van der Waals surface area (Å²) in [5.74, 6) is -0.469. The number of pyridine rings is 1. The average molecular weight is 236 g/mol. The molecule has 0 bridgehead atoms. The fraction of sp³-hybridized carbons (Fsp3) is 0.364. The monoisotopic (exact) mass is 236 g/mol. The summed E-state index contributed by atoms with van der Waals surface area (Å²) in [4.78, 5) is 27.8. The molecule has 0 aliphatic carbocycles. The van der Waals surface area contributed by atoms with Crippen molar-refractivity contribution in [1.82, 2.24) is 9.88 Å². The van der Waals surface area contributed by atoms with Crippen LogP contribution in [0.5, 0.6) is 0 Å². The molecule has 0 unspecified atom stereocenters. The Bertz CT molecular complexity index is 421. The number of hydrogen-bond donors (Lipinski definition) is 0. The number of aromatic nitrogens is 1. The number of hydrogen-bond acceptors (Lipinski definition) is 5. The first-order valence-corrected chi connectivity index (χ1v) is 5.15. The van der Waals surface area contributed by atoms with E-state index < -0.39 is 18.2 Å². The summed E-state index contributed by atoms with van der Waals surface area (Å²) in [5.41, 5.74) is 0.380. The van der Waals surface area contributed by atoms with Crippen molar-refractivity contribution in [2.45, 2.75) is 6.10 Å². The van der Waals surface area contributed by atoms with Crippen molar-refractivity contribution >= 4 is 12.1 Å². The molecule has 6 heteroatoms. The van der Waals surface area contributed by atoms with Gasteiger partial charge in [-0.2, -0.15) is 0 Å². The van der Waals surface area contributed by atoms with E-state index in [0.29, 0.717) is 12.1 Å². The van der Waals surface area contributed by atoms with Gasteiger partial charge in [-0.3, -0.25) is 4.98 Å². The number of carbonyl (C=O) groups is 2. The van der Waals surface area contributed by atoms with Gasteiger partial charge in [-0.05, 0) is 12.1 Å². The van der Waals surface area contributed by atoms with E-state index >= 15 is 0 Å². The standard InChI is InChI=1S/C11H12N2O4/c1-13-6-9(17-11(13)15)7-16-10(14)8-3-2-4-12-5-8/h2-5,9H,6-7H2,1H3/t9-/m0/s1. The van der Waals surface area contributed by atoms with E-state index in [2.05, 4.69) is 4.98 Å². The van der Waals surface area contributed by atoms with E-state index in [4.69, 9.17) is 9.47 Å². The Morgan fingerprint density at radius 1 is 1.71 bits per heavy atom. The fourth-order valence-electron chi connectivity index (χ4n) is 1.47. The van der Waals surface area contributed by atoms with E-state index in [0.717, 1.165) is 0 Å². The van der Waals surface area contributed by atoms with Crippen LogP contribution >= 0.6 is 0 Å². The van der Waals surface area contributed by atoms with Gasteiger partial charge < -0.3 is 14.4 Å². The summed E-state index contributed by atoms with van der Waals surface area (Å²) in [7, 11) is 1.63. The number of rotatable bonds is 3. The molecule has 2 rings (SSSR count). The first-order valence-electron chi connectivity index (χ1n) is 5.15. The highest BCUT2D eigenvalue weighted by Crippen LogP contribution is 2.09. The third-order valence-electron chi connectivity index (χ3n) is 2.35. The first kappa shape index (κ1) is 11.4. The highest BCUT2D eigenvalue weighted by Gasteiger charge is 2.29. The van der Waals surface area contributed by atoms with Crippen molar-refractivity contribution in [3.63, 3.8) is 0 Å². The summed E-state index contributed by atoms with van der Waals surface area (Å²) < 4.78 is 9.98. The molecule has 90 valence electrons. The Kier molecular flexibility index (Phi) is 3.22. The number of cyclic esters (lactones) is 1. The Labute approximate surface area is 98.1 Å². The molecular weight excluding hydrogens is 224 g/mol. The lowest BCUT2D eigenvalue weighted by molar-refractivity contribution is 0.0300. The van der Waals surface area contributed by atoms with Crippen LogP contribution in [0.1, 0.15) is 10.4 Å². The van der Waals surface area contributed by atoms with Crippen molar-refractivity contribution < 1.29 is 19.1 Å². The number of esters is 1. The summed E-state index contributed by atoms with van der Waals surface area (Å²) in [6.45, 7) is 0.489. The maximum Gasteiger partial charge on any atom is 0.410 e. The molecule has 0 radical (unpaired) electrons. The minimum Gasteiger partial charge on any atom is -0.458 e. The number of carbonyl (C=O) groups excluding carboxylic acids is 2. The molecule has 1 fully saturated rings. The molecule has 1 saturated heterocycles. The van der Waals surface area contributed by atoms with Crippen LogP contribution in [0.4, 0.5) is 4.79 Å². The van der Waals surface area contributed by atoms with Crippen LogP contribution in [-0.4, -0.2) is 48.2 Å². The van der Waals surface area contributed by atoms with Gasteiger partial charge in [0.25, 0.3) is 0 Å². The SMILES string of the molecule is CN1C[C@@H](COC(=O)c2cccnc2)OC1=O. The zero-order chi connectivity index (χ0) is 12.3. The number of ether oxygens (including phenoxy) is 2. The molecular formula is C11H12N2O4. The maximum absolute atomic E-state index is 11.5. The molecule has 1 amide bonds. The maximum atomic E-state index is 11.5. The average Bonchev–Trinajstić information content (AvgIpc) is 2.67. The minimum atomic E-state index is -0.469. The summed E-state index contributed by atoms with van der Waals surface area (Å²) in [5, 5.41) is 0. The van der Waals surface area contributed by atoms with Gasteiger partial charge in [0.05, 0.1) is 12.1 Å². The van der Waals surface area contributed by atoms with Gasteiger partial charge in [0.15, 0.2) is 6.10 Å². The van der Waals surface area contributed by atoms with E-state index in [1.807, 2.05) is 0 Å². The van der Waals surface area contributed by atoms with Gasteiger partial charge >= 0.3 is 12.1 Å². The number of likely N-dealkylation sites (N-methyl/N-ethyl adjacent to an activating group) is 1. The Balaban J connectivity index is 1.83. The third kappa shape index (κ3) is 2.72. The summed E-state index contributed by atoms with van der Waals surface area (Å²) >= 11 is 0. The van der Waals surface area contributed by atoms with Crippen LogP contribution in [0.25, 0.3) is 0 Å². The van der Waals surface area contributed by atoms with Crippen LogP contribution in [0, 0.1) is 0 Å². The molecule has 2 heterocycles. The topological polar surface area (TPSA) is 68.7 Å². The van der Waals surface area contributed by atoms with Crippen molar-refractivity contribution in [2.75, 3.05) is 20.2 Å². The zero-order valence-electron chi connectivity index (χ0n) is 9.33. The lowest BCUT2D eigenvalue weighted by atomic mass is 10.3. The van der Waals surface area contributed by atoms with Gasteiger partial charge in [0.1, 0.15) is 6.61 Å². The fourth-order valence-corrected chi connectivity index (χ4v) is 1.47. The van der Waals surface area contributed by atoms with Gasteiger partial charge in [-0.1, -0.05) is 0 Å². The second kappa shape index (κ2) is 4.82. The highest BCUT2D eigenvalue weighted by atomic mass is 16.6. The zero-order valence-corrected chi connectivity index (χ0v) is 9.33. The van der Waals surface area contributed by atoms with Crippen LogP contribution in [0.2, 0.25) is 0 Å². The molecule has 0 N–H and O–H groups in total. The second-order valence-electron chi connectivity index (χ2n) is 3.73. The molecule has 1 aliphatic rings. The number of amides is 1. The molecule has 1 aromatic heterocycles. The molecule has 0 spiro atoms. The largest absolute Gasteiger partial charge is 0.458 e. The van der Waals surface area contributed by atoms with E-state index in [1.54, 1.807) is 25.4 Å². The van der Waals surface area contributed by atoms with Gasteiger partial charge in [-0.25, -0.2) is 9.59 Å².